The third-order valence-corrected chi connectivity index (χ3v) is 3.67. The number of nitrogens with one attached hydrogen (secondary N) is 2. The lowest BCUT2D eigenvalue weighted by Gasteiger charge is -2.32. The van der Waals surface area contributed by atoms with Crippen molar-refractivity contribution in [3.63, 3.8) is 0 Å². The monoisotopic (exact) mass is 417 g/mol. The second kappa shape index (κ2) is 10.1. The molecule has 0 fully saturated rings. The lowest BCUT2D eigenvalue weighted by molar-refractivity contribution is -0.139. The topological polar surface area (TPSA) is 108 Å². The Bertz CT molecular complexity index is 788. The highest BCUT2D eigenvalue weighted by molar-refractivity contribution is 5.93. The van der Waals surface area contributed by atoms with Crippen molar-refractivity contribution in [1.82, 2.24) is 15.5 Å². The second-order valence-corrected chi connectivity index (χ2v) is 8.77. The number of hydrogen-bond donors (Lipinski definition) is 3. The Labute approximate surface area is 178 Å². The number of amides is 3. The molecular formula is C22H31N3O5. The number of terminal acetylenes is 1. The maximum absolute atomic E-state index is 13.1. The van der Waals surface area contributed by atoms with E-state index in [-0.39, 0.29) is 0 Å². The molecule has 1 aromatic rings. The highest BCUT2D eigenvalue weighted by Gasteiger charge is 2.36. The number of carbonyl (C=O) groups excluding carboxylic acids is 3. The summed E-state index contributed by atoms with van der Waals surface area (Å²) in [7, 11) is 0. The van der Waals surface area contributed by atoms with E-state index in [0.717, 1.165) is 4.90 Å². The Morgan fingerprint density at radius 3 is 2.13 bits per heavy atom. The second-order valence-electron chi connectivity index (χ2n) is 8.77. The van der Waals surface area contributed by atoms with E-state index in [1.807, 2.05) is 0 Å². The zero-order valence-electron chi connectivity index (χ0n) is 18.4. The lowest BCUT2D eigenvalue weighted by Crippen LogP contribution is -2.54. The van der Waals surface area contributed by atoms with Crippen LogP contribution < -0.4 is 10.6 Å². The van der Waals surface area contributed by atoms with Gasteiger partial charge in [-0.1, -0.05) is 36.8 Å². The summed E-state index contributed by atoms with van der Waals surface area (Å²) in [4.78, 5) is 39.0. The van der Waals surface area contributed by atoms with Crippen molar-refractivity contribution in [3.05, 3.63) is 35.9 Å². The first-order chi connectivity index (χ1) is 13.8. The van der Waals surface area contributed by atoms with Crippen LogP contribution in [-0.4, -0.2) is 51.7 Å². The molecule has 0 radical (unpaired) electrons. The summed E-state index contributed by atoms with van der Waals surface area (Å²) in [6, 6.07) is 8.22. The van der Waals surface area contributed by atoms with Gasteiger partial charge in [-0.2, -0.15) is 0 Å². The molecule has 164 valence electrons. The molecule has 0 saturated heterocycles. The molecular weight excluding hydrogens is 386 g/mol. The van der Waals surface area contributed by atoms with Gasteiger partial charge < -0.3 is 20.5 Å². The van der Waals surface area contributed by atoms with Crippen LogP contribution in [0.3, 0.4) is 0 Å². The van der Waals surface area contributed by atoms with Crippen LogP contribution in [0.15, 0.2) is 30.3 Å². The molecule has 3 amide bonds. The Morgan fingerprint density at radius 2 is 1.70 bits per heavy atom. The minimum absolute atomic E-state index is 0.486. The number of hydrogen-bond acceptors (Lipinski definition) is 5. The number of benzene rings is 1. The lowest BCUT2D eigenvalue weighted by atomic mass is 10.0. The van der Waals surface area contributed by atoms with Crippen LogP contribution in [0, 0.1) is 12.5 Å². The zero-order valence-corrected chi connectivity index (χ0v) is 18.4. The van der Waals surface area contributed by atoms with Crippen molar-refractivity contribution in [3.8, 4) is 12.5 Å². The number of nitrogens with zero attached hydrogens (tertiary/aromatic N) is 1. The molecule has 0 saturated carbocycles. The minimum Gasteiger partial charge on any atom is -0.444 e. The predicted octanol–water partition coefficient (Wildman–Crippen LogP) is 1.95. The Hall–Kier alpha value is -3.05. The van der Waals surface area contributed by atoms with E-state index in [1.54, 1.807) is 71.9 Å². The van der Waals surface area contributed by atoms with Crippen molar-refractivity contribution in [2.75, 3.05) is 6.61 Å². The molecule has 0 aliphatic rings. The van der Waals surface area contributed by atoms with E-state index in [2.05, 4.69) is 16.7 Å². The number of ether oxygens (including phenoxy) is 1. The van der Waals surface area contributed by atoms with E-state index in [9.17, 15) is 19.5 Å². The van der Waals surface area contributed by atoms with Gasteiger partial charge in [0.25, 0.3) is 5.91 Å². The van der Waals surface area contributed by atoms with Gasteiger partial charge >= 0.3 is 6.09 Å². The summed E-state index contributed by atoms with van der Waals surface area (Å²) < 4.78 is 5.13. The van der Waals surface area contributed by atoms with Crippen LogP contribution in [-0.2, 0) is 14.3 Å². The van der Waals surface area contributed by atoms with Crippen molar-refractivity contribution in [2.45, 2.75) is 64.8 Å². The highest BCUT2D eigenvalue weighted by Crippen LogP contribution is 2.22. The summed E-state index contributed by atoms with van der Waals surface area (Å²) in [5, 5.41) is 14.8. The largest absolute Gasteiger partial charge is 0.444 e. The number of aliphatic hydroxyl groups excluding tert-OH is 1. The van der Waals surface area contributed by atoms with E-state index in [1.165, 1.54) is 0 Å². The quantitative estimate of drug-likeness (QED) is 0.484. The summed E-state index contributed by atoms with van der Waals surface area (Å²) >= 11 is 0. The van der Waals surface area contributed by atoms with Gasteiger partial charge in [0.05, 0.1) is 6.61 Å². The van der Waals surface area contributed by atoms with Gasteiger partial charge in [0, 0.05) is 11.6 Å². The Kier molecular flexibility index (Phi) is 8.43. The molecule has 3 N–H and O–H groups in total. The molecule has 0 aliphatic heterocycles. The van der Waals surface area contributed by atoms with Gasteiger partial charge in [-0.05, 0) is 47.1 Å². The predicted molar refractivity (Wildman–Crippen MR) is 113 cm³/mol. The molecule has 1 rings (SSSR count). The maximum atomic E-state index is 13.1. The number of carbonyl (C=O) groups is 3. The molecule has 8 heteroatoms. The van der Waals surface area contributed by atoms with Gasteiger partial charge in [-0.25, -0.2) is 4.79 Å². The van der Waals surface area contributed by atoms with Gasteiger partial charge in [-0.3, -0.25) is 14.5 Å². The van der Waals surface area contributed by atoms with Gasteiger partial charge in [0.15, 0.2) is 0 Å². The molecule has 0 heterocycles. The molecule has 0 aliphatic carbocycles. The van der Waals surface area contributed by atoms with Crippen molar-refractivity contribution < 1.29 is 24.2 Å². The molecule has 0 aromatic heterocycles. The van der Waals surface area contributed by atoms with Crippen LogP contribution in [0.5, 0.6) is 0 Å². The third kappa shape index (κ3) is 7.76. The van der Waals surface area contributed by atoms with Crippen molar-refractivity contribution in [2.24, 2.45) is 0 Å². The molecule has 30 heavy (non-hydrogen) atoms. The molecule has 1 aromatic carbocycles. The van der Waals surface area contributed by atoms with E-state index in [4.69, 9.17) is 11.2 Å². The first-order valence-corrected chi connectivity index (χ1v) is 9.55. The minimum atomic E-state index is -1.38. The first-order valence-electron chi connectivity index (χ1n) is 9.55. The van der Waals surface area contributed by atoms with Crippen LogP contribution >= 0.6 is 0 Å². The molecule has 2 atom stereocenters. The smallest absolute Gasteiger partial charge is 0.408 e. The summed E-state index contributed by atoms with van der Waals surface area (Å²) in [6.45, 7) is 9.68. The van der Waals surface area contributed by atoms with E-state index in [0.29, 0.717) is 5.56 Å². The number of alkyl carbamates (subject to hydrolysis) is 1. The zero-order chi connectivity index (χ0) is 23.1. The van der Waals surface area contributed by atoms with Crippen LogP contribution in [0.25, 0.3) is 0 Å². The van der Waals surface area contributed by atoms with E-state index < -0.39 is 47.7 Å². The van der Waals surface area contributed by atoms with Gasteiger partial charge in [-0.15, -0.1) is 0 Å². The maximum Gasteiger partial charge on any atom is 0.408 e. The molecule has 8 nitrogen and oxygen atoms in total. The molecule has 0 spiro atoms. The van der Waals surface area contributed by atoms with Crippen molar-refractivity contribution >= 4 is 17.9 Å². The standard InChI is InChI=1S/C22H31N3O5/c1-8-25(19(28)16(14-26)23-20(29)30-22(5,6)7)17(15-12-10-9-11-13-15)18(27)24-21(2,3)4/h1,9-13,16-17,26H,14H2,2-7H3,(H,23,29)(H,24,27). The van der Waals surface area contributed by atoms with E-state index >= 15 is 0 Å². The summed E-state index contributed by atoms with van der Waals surface area (Å²) in [6.07, 6.45) is 4.70. The first kappa shape index (κ1) is 25.0. The third-order valence-electron chi connectivity index (χ3n) is 3.67. The SMILES string of the molecule is C#CN(C(=O)C(CO)NC(=O)OC(C)(C)C)C(C(=O)NC(C)(C)C)c1ccccc1. The van der Waals surface area contributed by atoms with Gasteiger partial charge in [0.2, 0.25) is 5.91 Å². The van der Waals surface area contributed by atoms with Crippen LogP contribution in [0.4, 0.5) is 4.79 Å². The summed E-state index contributed by atoms with van der Waals surface area (Å²) in [5.74, 6) is -1.31. The van der Waals surface area contributed by atoms with Gasteiger partial charge in [0.1, 0.15) is 17.7 Å². The highest BCUT2D eigenvalue weighted by atomic mass is 16.6. The fraction of sp³-hybridized carbons (Fsp3) is 0.500. The number of aliphatic hydroxyl groups is 1. The number of rotatable bonds is 6. The van der Waals surface area contributed by atoms with Crippen LogP contribution in [0.2, 0.25) is 0 Å². The molecule has 0 bridgehead atoms. The Morgan fingerprint density at radius 1 is 1.13 bits per heavy atom. The average Bonchev–Trinajstić information content (AvgIpc) is 2.61. The normalized spacial score (nSPS) is 13.4. The average molecular weight is 418 g/mol. The van der Waals surface area contributed by atoms with Crippen molar-refractivity contribution in [1.29, 1.82) is 0 Å². The van der Waals surface area contributed by atoms with Crippen LogP contribution in [0.1, 0.15) is 53.1 Å². The fourth-order valence-electron chi connectivity index (χ4n) is 2.56. The molecule has 2 unspecified atom stereocenters. The summed E-state index contributed by atoms with van der Waals surface area (Å²) in [5.41, 5.74) is -0.879. The Balaban J connectivity index is 3.22. The fourth-order valence-corrected chi connectivity index (χ4v) is 2.56.